The molecular weight excluding hydrogens is 210 g/mol. The van der Waals surface area contributed by atoms with Gasteiger partial charge in [-0.25, -0.2) is 9.90 Å². The minimum absolute atomic E-state index is 0.345. The highest BCUT2D eigenvalue weighted by atomic mass is 16.5. The zero-order chi connectivity index (χ0) is 12.2. The van der Waals surface area contributed by atoms with Gasteiger partial charge in [-0.05, 0) is 12.8 Å². The first-order valence-electron chi connectivity index (χ1n) is 5.83. The van der Waals surface area contributed by atoms with Gasteiger partial charge in [0, 0.05) is 26.3 Å². The Bertz CT molecular complexity index is 163. The first-order valence-corrected chi connectivity index (χ1v) is 5.83. The predicted molar refractivity (Wildman–Crippen MR) is 59.9 cm³/mol. The largest absolute Gasteiger partial charge is 0.453 e. The Morgan fingerprint density at radius 3 is 1.69 bits per heavy atom. The first-order chi connectivity index (χ1) is 7.72. The van der Waals surface area contributed by atoms with Gasteiger partial charge in [0.25, 0.3) is 0 Å². The summed E-state index contributed by atoms with van der Waals surface area (Å²) >= 11 is 0. The number of rotatable bonds is 10. The number of nitrogens with zero attached hydrogens (tertiary/aromatic N) is 1. The summed E-state index contributed by atoms with van der Waals surface area (Å²) in [6.45, 7) is 6.85. The monoisotopic (exact) mass is 232 g/mol. The fourth-order valence-corrected chi connectivity index (χ4v) is 1.14. The van der Waals surface area contributed by atoms with Gasteiger partial charge in [-0.15, -0.1) is 0 Å². The van der Waals surface area contributed by atoms with Crippen LogP contribution in [0.2, 0.25) is 0 Å². The second kappa shape index (κ2) is 10.7. The van der Waals surface area contributed by atoms with Crippen LogP contribution in [-0.4, -0.2) is 50.5 Å². The summed E-state index contributed by atoms with van der Waals surface area (Å²) in [6.07, 6.45) is 0.704. The standard InChI is InChI=1S/C11H22NO4/c1-3-7-15-9-5-12(11(13)14)6-10-16-8-4-2/h3-10H2,1-2H3. The van der Waals surface area contributed by atoms with E-state index in [1.807, 2.05) is 13.8 Å². The van der Waals surface area contributed by atoms with Crippen molar-refractivity contribution in [3.63, 3.8) is 0 Å². The van der Waals surface area contributed by atoms with Gasteiger partial charge in [0.1, 0.15) is 0 Å². The lowest BCUT2D eigenvalue weighted by Gasteiger charge is -2.17. The molecule has 1 amide bonds. The number of carbonyl (C=O) groups is 1. The molecule has 0 fully saturated rings. The van der Waals surface area contributed by atoms with Crippen LogP contribution in [0.25, 0.3) is 0 Å². The lowest BCUT2D eigenvalue weighted by molar-refractivity contribution is 0.0614. The number of ether oxygens (including phenoxy) is 2. The van der Waals surface area contributed by atoms with E-state index in [0.29, 0.717) is 39.5 Å². The van der Waals surface area contributed by atoms with Gasteiger partial charge >= 0.3 is 6.09 Å². The molecule has 0 rings (SSSR count). The van der Waals surface area contributed by atoms with Gasteiger partial charge in [0.05, 0.1) is 13.2 Å². The molecule has 0 aliphatic heterocycles. The van der Waals surface area contributed by atoms with Crippen molar-refractivity contribution < 1.29 is 19.4 Å². The minimum atomic E-state index is -1.17. The van der Waals surface area contributed by atoms with Crippen molar-refractivity contribution in [2.45, 2.75) is 26.7 Å². The van der Waals surface area contributed by atoms with Crippen LogP contribution in [0, 0.1) is 0 Å². The smallest absolute Gasteiger partial charge is 0.380 e. The summed E-state index contributed by atoms with van der Waals surface area (Å²) in [7, 11) is 0. The average molecular weight is 232 g/mol. The third-order valence-electron chi connectivity index (χ3n) is 1.97. The Balaban J connectivity index is 3.59. The van der Waals surface area contributed by atoms with Gasteiger partial charge in [0.2, 0.25) is 0 Å². The molecule has 1 radical (unpaired) electrons. The van der Waals surface area contributed by atoms with Gasteiger partial charge in [-0.1, -0.05) is 13.8 Å². The Morgan fingerprint density at radius 1 is 0.938 bits per heavy atom. The molecule has 0 saturated carbocycles. The van der Waals surface area contributed by atoms with E-state index >= 15 is 0 Å². The van der Waals surface area contributed by atoms with Crippen LogP contribution in [0.1, 0.15) is 26.7 Å². The van der Waals surface area contributed by atoms with Gasteiger partial charge in [0.15, 0.2) is 0 Å². The van der Waals surface area contributed by atoms with Crippen LogP contribution < -0.4 is 0 Å². The van der Waals surface area contributed by atoms with Crippen LogP contribution in [0.4, 0.5) is 4.79 Å². The zero-order valence-electron chi connectivity index (χ0n) is 10.2. The normalized spacial score (nSPS) is 10.4. The van der Waals surface area contributed by atoms with Crippen molar-refractivity contribution in [1.82, 2.24) is 4.90 Å². The number of amides is 1. The third kappa shape index (κ3) is 8.49. The number of carbonyl (C=O) groups excluding carboxylic acids is 1. The zero-order valence-corrected chi connectivity index (χ0v) is 10.2. The Kier molecular flexibility index (Phi) is 10.2. The fraction of sp³-hybridized carbons (Fsp3) is 0.909. The molecule has 0 aromatic rings. The Hall–Kier alpha value is -0.810. The van der Waals surface area contributed by atoms with E-state index in [0.717, 1.165) is 12.8 Å². The topological polar surface area (TPSA) is 58.7 Å². The van der Waals surface area contributed by atoms with Crippen molar-refractivity contribution in [2.24, 2.45) is 0 Å². The molecule has 0 spiro atoms. The van der Waals surface area contributed by atoms with Crippen molar-refractivity contribution in [2.75, 3.05) is 39.5 Å². The molecule has 0 aliphatic rings. The van der Waals surface area contributed by atoms with Gasteiger partial charge < -0.3 is 14.4 Å². The van der Waals surface area contributed by atoms with Crippen LogP contribution in [0.3, 0.4) is 0 Å². The molecule has 5 nitrogen and oxygen atoms in total. The molecule has 0 saturated heterocycles. The van der Waals surface area contributed by atoms with Crippen molar-refractivity contribution in [1.29, 1.82) is 0 Å². The highest BCUT2D eigenvalue weighted by Gasteiger charge is 2.12. The van der Waals surface area contributed by atoms with E-state index in [4.69, 9.17) is 9.47 Å². The molecule has 0 aromatic carbocycles. The number of hydrogen-bond acceptors (Lipinski definition) is 3. The summed E-state index contributed by atoms with van der Waals surface area (Å²) in [4.78, 5) is 11.9. The molecule has 0 heterocycles. The SMILES string of the molecule is CCCOCCN(CCOCCC)C([O])=O. The fourth-order valence-electron chi connectivity index (χ4n) is 1.14. The van der Waals surface area contributed by atoms with Crippen molar-refractivity contribution in [3.8, 4) is 0 Å². The highest BCUT2D eigenvalue weighted by Crippen LogP contribution is 1.92. The molecule has 0 unspecified atom stereocenters. The quantitative estimate of drug-likeness (QED) is 0.538. The maximum atomic E-state index is 10.7. The summed E-state index contributed by atoms with van der Waals surface area (Å²) in [6, 6.07) is 0. The van der Waals surface area contributed by atoms with E-state index < -0.39 is 6.09 Å². The first kappa shape index (κ1) is 15.2. The van der Waals surface area contributed by atoms with E-state index in [2.05, 4.69) is 0 Å². The van der Waals surface area contributed by atoms with Crippen LogP contribution in [0.5, 0.6) is 0 Å². The second-order valence-electron chi connectivity index (χ2n) is 3.48. The molecule has 95 valence electrons. The lowest BCUT2D eigenvalue weighted by atomic mass is 10.5. The molecule has 0 bridgehead atoms. The molecule has 0 N–H and O–H groups in total. The van der Waals surface area contributed by atoms with E-state index in [1.54, 1.807) is 0 Å². The second-order valence-corrected chi connectivity index (χ2v) is 3.48. The third-order valence-corrected chi connectivity index (χ3v) is 1.97. The highest BCUT2D eigenvalue weighted by molar-refractivity contribution is 5.64. The Morgan fingerprint density at radius 2 is 1.38 bits per heavy atom. The summed E-state index contributed by atoms with van der Waals surface area (Å²) in [5.41, 5.74) is 0. The predicted octanol–water partition coefficient (Wildman–Crippen LogP) is 1.69. The molecule has 0 aromatic heterocycles. The summed E-state index contributed by atoms with van der Waals surface area (Å²) in [5.74, 6) is 0. The molecule has 5 heteroatoms. The van der Waals surface area contributed by atoms with Crippen molar-refractivity contribution in [3.05, 3.63) is 0 Å². The van der Waals surface area contributed by atoms with E-state index in [-0.39, 0.29) is 0 Å². The van der Waals surface area contributed by atoms with Gasteiger partial charge in [-0.2, -0.15) is 0 Å². The van der Waals surface area contributed by atoms with Crippen LogP contribution >= 0.6 is 0 Å². The van der Waals surface area contributed by atoms with Crippen LogP contribution in [0.15, 0.2) is 0 Å². The Labute approximate surface area is 97.3 Å². The van der Waals surface area contributed by atoms with Crippen molar-refractivity contribution >= 4 is 6.09 Å². The summed E-state index contributed by atoms with van der Waals surface area (Å²) in [5, 5.41) is 10.7. The van der Waals surface area contributed by atoms with Gasteiger partial charge in [-0.3, -0.25) is 0 Å². The molecule has 0 atom stereocenters. The molecule has 0 aliphatic carbocycles. The summed E-state index contributed by atoms with van der Waals surface area (Å²) < 4.78 is 10.4. The molecule has 16 heavy (non-hydrogen) atoms. The maximum absolute atomic E-state index is 10.7. The van der Waals surface area contributed by atoms with E-state index in [9.17, 15) is 9.90 Å². The lowest BCUT2D eigenvalue weighted by Crippen LogP contribution is -2.35. The maximum Gasteiger partial charge on any atom is 0.453 e. The minimum Gasteiger partial charge on any atom is -0.380 e. The number of hydrogen-bond donors (Lipinski definition) is 0. The average Bonchev–Trinajstić information content (AvgIpc) is 2.26. The van der Waals surface area contributed by atoms with Crippen LogP contribution in [-0.2, 0) is 14.6 Å². The molecular formula is C11H22NO4. The van der Waals surface area contributed by atoms with E-state index in [1.165, 1.54) is 4.90 Å².